The molecule has 1 fully saturated rings. The standard InChI is InChI=1S/C27H27FN2O4S/c1-34-26-11-6-5-10-22(26)20-25(21-8-3-2-4-9-21)27(31)29-16-7-17-30(19-18-29)35(32,33)24-14-12-23(28)13-15-24/h2-6,8-15,20H,7,16-19H2,1H3/b25-20+. The molecule has 0 unspecified atom stereocenters. The molecule has 8 heteroatoms. The molecule has 4 rings (SSSR count). The van der Waals surface area contributed by atoms with Crippen LogP contribution in [0.5, 0.6) is 5.75 Å². The van der Waals surface area contributed by atoms with Crippen LogP contribution in [0.25, 0.3) is 11.6 Å². The largest absolute Gasteiger partial charge is 0.496 e. The van der Waals surface area contributed by atoms with Gasteiger partial charge in [0.25, 0.3) is 5.91 Å². The number of sulfonamides is 1. The van der Waals surface area contributed by atoms with Crippen molar-refractivity contribution in [2.75, 3.05) is 33.3 Å². The lowest BCUT2D eigenvalue weighted by Gasteiger charge is -2.23. The van der Waals surface area contributed by atoms with E-state index in [9.17, 15) is 17.6 Å². The van der Waals surface area contributed by atoms with E-state index in [-0.39, 0.29) is 30.4 Å². The van der Waals surface area contributed by atoms with Crippen LogP contribution in [0.4, 0.5) is 4.39 Å². The second kappa shape index (κ2) is 10.8. The van der Waals surface area contributed by atoms with E-state index in [4.69, 9.17) is 4.74 Å². The average molecular weight is 495 g/mol. The summed E-state index contributed by atoms with van der Waals surface area (Å²) >= 11 is 0. The number of ether oxygens (including phenoxy) is 1. The summed E-state index contributed by atoms with van der Waals surface area (Å²) in [7, 11) is -2.20. The molecule has 1 amide bonds. The normalized spacial score (nSPS) is 15.5. The highest BCUT2D eigenvalue weighted by Gasteiger charge is 2.29. The molecular weight excluding hydrogens is 467 g/mol. The van der Waals surface area contributed by atoms with Crippen LogP contribution >= 0.6 is 0 Å². The van der Waals surface area contributed by atoms with Gasteiger partial charge in [0.1, 0.15) is 11.6 Å². The van der Waals surface area contributed by atoms with Crippen molar-refractivity contribution in [3.8, 4) is 5.75 Å². The van der Waals surface area contributed by atoms with Crippen LogP contribution in [-0.4, -0.2) is 56.8 Å². The van der Waals surface area contributed by atoms with Gasteiger partial charge in [-0.25, -0.2) is 12.8 Å². The highest BCUT2D eigenvalue weighted by atomic mass is 32.2. The second-order valence-electron chi connectivity index (χ2n) is 8.17. The number of methoxy groups -OCH3 is 1. The predicted octanol–water partition coefficient (Wildman–Crippen LogP) is 4.30. The highest BCUT2D eigenvalue weighted by Crippen LogP contribution is 2.27. The lowest BCUT2D eigenvalue weighted by Crippen LogP contribution is -2.37. The molecule has 1 aliphatic heterocycles. The van der Waals surface area contributed by atoms with Crippen molar-refractivity contribution in [1.82, 2.24) is 9.21 Å². The SMILES string of the molecule is COc1ccccc1/C=C(/C(=O)N1CCCN(S(=O)(=O)c2ccc(F)cc2)CC1)c1ccccc1. The van der Waals surface area contributed by atoms with E-state index in [2.05, 4.69) is 0 Å². The molecule has 0 atom stereocenters. The Hall–Kier alpha value is -3.49. The van der Waals surface area contributed by atoms with Crippen LogP contribution in [0.15, 0.2) is 83.8 Å². The minimum atomic E-state index is -3.78. The van der Waals surface area contributed by atoms with Gasteiger partial charge in [0.15, 0.2) is 0 Å². The van der Waals surface area contributed by atoms with Crippen LogP contribution < -0.4 is 4.74 Å². The molecule has 0 aromatic heterocycles. The van der Waals surface area contributed by atoms with Crippen molar-refractivity contribution in [1.29, 1.82) is 0 Å². The first kappa shape index (κ1) is 24.6. The molecule has 0 N–H and O–H groups in total. The Morgan fingerprint density at radius 3 is 2.29 bits per heavy atom. The van der Waals surface area contributed by atoms with Crippen molar-refractivity contribution >= 4 is 27.6 Å². The van der Waals surface area contributed by atoms with Crippen LogP contribution in [0.1, 0.15) is 17.5 Å². The van der Waals surface area contributed by atoms with E-state index in [0.29, 0.717) is 24.3 Å². The average Bonchev–Trinajstić information content (AvgIpc) is 3.15. The van der Waals surface area contributed by atoms with Gasteiger partial charge in [0.05, 0.1) is 12.0 Å². The first-order valence-corrected chi connectivity index (χ1v) is 12.8. The maximum Gasteiger partial charge on any atom is 0.254 e. The molecule has 1 heterocycles. The zero-order valence-electron chi connectivity index (χ0n) is 19.4. The van der Waals surface area contributed by atoms with Gasteiger partial charge in [-0.15, -0.1) is 0 Å². The quantitative estimate of drug-likeness (QED) is 0.379. The summed E-state index contributed by atoms with van der Waals surface area (Å²) in [5.41, 5.74) is 2.05. The first-order chi connectivity index (χ1) is 16.9. The van der Waals surface area contributed by atoms with Crippen LogP contribution in [0.2, 0.25) is 0 Å². The number of carbonyl (C=O) groups is 1. The molecule has 0 aliphatic carbocycles. The summed E-state index contributed by atoms with van der Waals surface area (Å²) in [5.74, 6) is -0.0174. The van der Waals surface area contributed by atoms with E-state index in [1.165, 1.54) is 16.4 Å². The molecule has 35 heavy (non-hydrogen) atoms. The van der Waals surface area contributed by atoms with Crippen molar-refractivity contribution in [3.05, 3.63) is 95.8 Å². The van der Waals surface area contributed by atoms with Gasteiger partial charge >= 0.3 is 0 Å². The molecule has 3 aromatic rings. The van der Waals surface area contributed by atoms with Gasteiger partial charge in [0, 0.05) is 37.3 Å². The number of hydrogen-bond donors (Lipinski definition) is 0. The lowest BCUT2D eigenvalue weighted by atomic mass is 10.0. The van der Waals surface area contributed by atoms with Crippen LogP contribution in [0, 0.1) is 5.82 Å². The number of carbonyl (C=O) groups excluding carboxylic acids is 1. The molecule has 182 valence electrons. The third-order valence-electron chi connectivity index (χ3n) is 5.95. The van der Waals surface area contributed by atoms with E-state index >= 15 is 0 Å². The van der Waals surface area contributed by atoms with E-state index in [1.807, 2.05) is 60.7 Å². The number of nitrogens with zero attached hydrogens (tertiary/aromatic N) is 2. The number of halogens is 1. The monoisotopic (exact) mass is 494 g/mol. The Kier molecular flexibility index (Phi) is 7.63. The summed E-state index contributed by atoms with van der Waals surface area (Å²) in [4.78, 5) is 15.5. The number of para-hydroxylation sites is 1. The fourth-order valence-corrected chi connectivity index (χ4v) is 5.56. The summed E-state index contributed by atoms with van der Waals surface area (Å²) in [6, 6.07) is 21.7. The van der Waals surface area contributed by atoms with E-state index < -0.39 is 15.8 Å². The fraction of sp³-hybridized carbons (Fsp3) is 0.222. The molecule has 0 radical (unpaired) electrons. The maximum absolute atomic E-state index is 13.7. The summed E-state index contributed by atoms with van der Waals surface area (Å²) < 4.78 is 46.2. The van der Waals surface area contributed by atoms with E-state index in [1.54, 1.807) is 12.0 Å². The third kappa shape index (κ3) is 5.61. The summed E-state index contributed by atoms with van der Waals surface area (Å²) in [6.45, 7) is 1.10. The Morgan fingerprint density at radius 1 is 0.886 bits per heavy atom. The predicted molar refractivity (Wildman–Crippen MR) is 134 cm³/mol. The number of hydrogen-bond acceptors (Lipinski definition) is 4. The number of amides is 1. The van der Waals surface area contributed by atoms with Crippen molar-refractivity contribution < 1.29 is 22.3 Å². The second-order valence-corrected chi connectivity index (χ2v) is 10.1. The fourth-order valence-electron chi connectivity index (χ4n) is 4.09. The number of rotatable bonds is 6. The summed E-state index contributed by atoms with van der Waals surface area (Å²) in [5, 5.41) is 0. The molecule has 0 bridgehead atoms. The lowest BCUT2D eigenvalue weighted by molar-refractivity contribution is -0.124. The summed E-state index contributed by atoms with van der Waals surface area (Å²) in [6.07, 6.45) is 2.30. The molecule has 0 spiro atoms. The molecule has 3 aromatic carbocycles. The molecule has 6 nitrogen and oxygen atoms in total. The minimum absolute atomic E-state index is 0.0414. The molecular formula is C27H27FN2O4S. The van der Waals surface area contributed by atoms with Gasteiger partial charge in [0.2, 0.25) is 10.0 Å². The Bertz CT molecular complexity index is 1310. The topological polar surface area (TPSA) is 66.9 Å². The van der Waals surface area contributed by atoms with Gasteiger partial charge in [-0.05, 0) is 48.4 Å². The Labute approximate surface area is 205 Å². The van der Waals surface area contributed by atoms with Crippen LogP contribution in [-0.2, 0) is 14.8 Å². The van der Waals surface area contributed by atoms with Gasteiger partial charge < -0.3 is 9.64 Å². The molecule has 1 saturated heterocycles. The van der Waals surface area contributed by atoms with Gasteiger partial charge in [-0.2, -0.15) is 4.31 Å². The van der Waals surface area contributed by atoms with Crippen molar-refractivity contribution in [2.24, 2.45) is 0 Å². The molecule has 0 saturated carbocycles. The molecule has 1 aliphatic rings. The smallest absolute Gasteiger partial charge is 0.254 e. The van der Waals surface area contributed by atoms with Crippen molar-refractivity contribution in [2.45, 2.75) is 11.3 Å². The third-order valence-corrected chi connectivity index (χ3v) is 7.86. The zero-order valence-corrected chi connectivity index (χ0v) is 20.2. The minimum Gasteiger partial charge on any atom is -0.496 e. The maximum atomic E-state index is 13.7. The van der Waals surface area contributed by atoms with Crippen LogP contribution in [0.3, 0.4) is 0 Å². The highest BCUT2D eigenvalue weighted by molar-refractivity contribution is 7.89. The van der Waals surface area contributed by atoms with E-state index in [0.717, 1.165) is 23.3 Å². The van der Waals surface area contributed by atoms with Crippen molar-refractivity contribution in [3.63, 3.8) is 0 Å². The number of benzene rings is 3. The van der Waals surface area contributed by atoms with Gasteiger partial charge in [-0.3, -0.25) is 4.79 Å². The zero-order chi connectivity index (χ0) is 24.8. The van der Waals surface area contributed by atoms with Gasteiger partial charge in [-0.1, -0.05) is 48.5 Å². The Balaban J connectivity index is 1.60. The first-order valence-electron chi connectivity index (χ1n) is 11.4. The Morgan fingerprint density at radius 2 is 1.57 bits per heavy atom.